The number of oxazole rings is 1. The monoisotopic (exact) mass is 386 g/mol. The average molecular weight is 386 g/mol. The van der Waals surface area contributed by atoms with Crippen molar-refractivity contribution in [3.63, 3.8) is 0 Å². The number of aryl methyl sites for hydroxylation is 1. The second-order valence-electron chi connectivity index (χ2n) is 7.12. The summed E-state index contributed by atoms with van der Waals surface area (Å²) in [6.07, 6.45) is -1.36. The molecule has 0 unspecified atom stereocenters. The van der Waals surface area contributed by atoms with E-state index in [0.29, 0.717) is 10.8 Å². The largest absolute Gasteiger partial charge is 0.441 e. The Balaban J connectivity index is 1.47. The molecule has 1 saturated carbocycles. The lowest BCUT2D eigenvalue weighted by Gasteiger charge is -2.37. The Morgan fingerprint density at radius 3 is 2.78 bits per heavy atom. The third kappa shape index (κ3) is 2.91. The van der Waals surface area contributed by atoms with Gasteiger partial charge in [-0.15, -0.1) is 11.3 Å². The van der Waals surface area contributed by atoms with E-state index in [9.17, 15) is 13.9 Å². The van der Waals surface area contributed by atoms with Crippen molar-refractivity contribution in [3.8, 4) is 11.3 Å². The van der Waals surface area contributed by atoms with Crippen molar-refractivity contribution in [2.24, 2.45) is 5.92 Å². The molecule has 1 atom stereocenters. The maximum Gasteiger partial charge on any atom is 0.248 e. The first-order valence-electron chi connectivity index (χ1n) is 8.72. The minimum atomic E-state index is -2.63. The molecule has 3 heterocycles. The number of halogens is 2. The van der Waals surface area contributed by atoms with Crippen LogP contribution in [0.4, 0.5) is 8.78 Å². The lowest BCUT2D eigenvalue weighted by atomic mass is 9.77. The molecular formula is C20H16F2N2O2S. The zero-order chi connectivity index (χ0) is 18.8. The molecule has 1 aliphatic rings. The highest BCUT2D eigenvalue weighted by Crippen LogP contribution is 2.49. The number of rotatable bonds is 3. The summed E-state index contributed by atoms with van der Waals surface area (Å²) in [5.41, 5.74) is 3.23. The maximum atomic E-state index is 13.1. The van der Waals surface area contributed by atoms with Gasteiger partial charge in [-0.05, 0) is 36.4 Å². The van der Waals surface area contributed by atoms with Crippen LogP contribution in [0.25, 0.3) is 32.6 Å². The minimum absolute atomic E-state index is 0.252. The molecule has 0 spiro atoms. The number of nitrogens with zero attached hydrogens (tertiary/aromatic N) is 2. The predicted octanol–water partition coefficient (Wildman–Crippen LogP) is 5.49. The zero-order valence-corrected chi connectivity index (χ0v) is 15.3. The van der Waals surface area contributed by atoms with Crippen LogP contribution in [0.15, 0.2) is 40.8 Å². The third-order valence-electron chi connectivity index (χ3n) is 5.05. The molecule has 1 fully saturated rings. The first kappa shape index (κ1) is 16.8. The number of fused-ring (bicyclic) bond motifs is 2. The Morgan fingerprint density at radius 2 is 2.00 bits per heavy atom. The van der Waals surface area contributed by atoms with Crippen LogP contribution in [-0.2, 0) is 0 Å². The SMILES string of the molecule is Cc1nc2cc(-c3ccc4cc([C@H](O)C5CC(F)(F)C5)sc4n3)ccc2o1. The van der Waals surface area contributed by atoms with E-state index in [4.69, 9.17) is 9.40 Å². The number of aromatic nitrogens is 2. The van der Waals surface area contributed by atoms with E-state index >= 15 is 0 Å². The van der Waals surface area contributed by atoms with Crippen molar-refractivity contribution < 1.29 is 18.3 Å². The van der Waals surface area contributed by atoms with Gasteiger partial charge in [0.25, 0.3) is 0 Å². The molecule has 0 aliphatic heterocycles. The summed E-state index contributed by atoms with van der Waals surface area (Å²) in [4.78, 5) is 10.5. The van der Waals surface area contributed by atoms with Crippen molar-refractivity contribution in [3.05, 3.63) is 47.2 Å². The van der Waals surface area contributed by atoms with Crippen molar-refractivity contribution >= 4 is 32.7 Å². The molecule has 27 heavy (non-hydrogen) atoms. The van der Waals surface area contributed by atoms with Gasteiger partial charge in [0.05, 0.1) is 11.8 Å². The van der Waals surface area contributed by atoms with Crippen LogP contribution < -0.4 is 0 Å². The second-order valence-corrected chi connectivity index (χ2v) is 8.19. The fourth-order valence-corrected chi connectivity index (χ4v) is 4.72. The van der Waals surface area contributed by atoms with Crippen LogP contribution in [0, 0.1) is 12.8 Å². The summed E-state index contributed by atoms with van der Waals surface area (Å²) in [5, 5.41) is 11.3. The molecular weight excluding hydrogens is 370 g/mol. The highest BCUT2D eigenvalue weighted by Gasteiger charge is 2.48. The first-order chi connectivity index (χ1) is 12.9. The Kier molecular flexibility index (Phi) is 3.61. The van der Waals surface area contributed by atoms with Gasteiger partial charge < -0.3 is 9.52 Å². The van der Waals surface area contributed by atoms with Gasteiger partial charge in [-0.3, -0.25) is 0 Å². The van der Waals surface area contributed by atoms with Crippen LogP contribution in [0.5, 0.6) is 0 Å². The zero-order valence-electron chi connectivity index (χ0n) is 14.4. The third-order valence-corrected chi connectivity index (χ3v) is 6.17. The molecule has 0 bridgehead atoms. The Labute approximate surface area is 157 Å². The van der Waals surface area contributed by atoms with Crippen LogP contribution in [0.1, 0.15) is 29.7 Å². The number of aliphatic hydroxyl groups is 1. The van der Waals surface area contributed by atoms with Crippen molar-refractivity contribution in [2.45, 2.75) is 31.8 Å². The number of benzene rings is 1. The van der Waals surface area contributed by atoms with Crippen molar-refractivity contribution in [1.82, 2.24) is 9.97 Å². The Morgan fingerprint density at radius 1 is 1.19 bits per heavy atom. The molecule has 1 aromatic carbocycles. The number of hydrogen-bond acceptors (Lipinski definition) is 5. The molecule has 0 amide bonds. The molecule has 0 radical (unpaired) electrons. The Bertz CT molecular complexity index is 1160. The van der Waals surface area contributed by atoms with Crippen molar-refractivity contribution in [1.29, 1.82) is 0 Å². The number of pyridine rings is 1. The average Bonchev–Trinajstić information content (AvgIpc) is 3.19. The normalized spacial score (nSPS) is 18.1. The standard InChI is InChI=1S/C20H16F2N2O2S/c1-10-23-15-6-11(3-5-16(15)26-10)14-4-2-12-7-17(27-19(12)24-14)18(25)13-8-20(21,22)9-13/h2-7,13,18,25H,8-9H2,1H3/t18-/m1/s1. The van der Waals surface area contributed by atoms with E-state index in [1.54, 1.807) is 6.92 Å². The quantitative estimate of drug-likeness (QED) is 0.506. The molecule has 1 aliphatic carbocycles. The Hall–Kier alpha value is -2.38. The summed E-state index contributed by atoms with van der Waals surface area (Å²) in [7, 11) is 0. The van der Waals surface area contributed by atoms with Gasteiger partial charge in [-0.1, -0.05) is 0 Å². The molecule has 7 heteroatoms. The first-order valence-corrected chi connectivity index (χ1v) is 9.54. The molecule has 0 saturated heterocycles. The van der Waals surface area contributed by atoms with E-state index < -0.39 is 12.0 Å². The van der Waals surface area contributed by atoms with E-state index in [2.05, 4.69) is 4.98 Å². The molecule has 4 nitrogen and oxygen atoms in total. The predicted molar refractivity (Wildman–Crippen MR) is 100.0 cm³/mol. The number of aliphatic hydroxyl groups excluding tert-OH is 1. The number of alkyl halides is 2. The molecule has 138 valence electrons. The summed E-state index contributed by atoms with van der Waals surface area (Å²) in [6.45, 7) is 1.81. The molecule has 3 aromatic heterocycles. The molecule has 4 aromatic rings. The lowest BCUT2D eigenvalue weighted by Crippen LogP contribution is -2.38. The summed E-state index contributed by atoms with van der Waals surface area (Å²) in [6, 6.07) is 11.4. The number of hydrogen-bond donors (Lipinski definition) is 1. The van der Waals surface area contributed by atoms with Gasteiger partial charge in [0.1, 0.15) is 10.3 Å². The van der Waals surface area contributed by atoms with E-state index in [-0.39, 0.29) is 18.8 Å². The van der Waals surface area contributed by atoms with E-state index in [1.165, 1.54) is 11.3 Å². The smallest absolute Gasteiger partial charge is 0.248 e. The van der Waals surface area contributed by atoms with Gasteiger partial charge in [0.2, 0.25) is 5.92 Å². The second kappa shape index (κ2) is 5.81. The fourth-order valence-electron chi connectivity index (χ4n) is 3.61. The van der Waals surface area contributed by atoms with Crippen molar-refractivity contribution in [2.75, 3.05) is 0 Å². The fraction of sp³-hybridized carbons (Fsp3) is 0.300. The van der Waals surface area contributed by atoms with E-state index in [1.807, 2.05) is 36.4 Å². The van der Waals surface area contributed by atoms with Gasteiger partial charge in [-0.25, -0.2) is 18.7 Å². The number of thiophene rings is 1. The van der Waals surface area contributed by atoms with Gasteiger partial charge in [0.15, 0.2) is 11.5 Å². The molecule has 1 N–H and O–H groups in total. The topological polar surface area (TPSA) is 59.2 Å². The van der Waals surface area contributed by atoms with Crippen LogP contribution in [0.3, 0.4) is 0 Å². The van der Waals surface area contributed by atoms with Crippen LogP contribution in [0.2, 0.25) is 0 Å². The van der Waals surface area contributed by atoms with E-state index in [0.717, 1.165) is 32.6 Å². The van der Waals surface area contributed by atoms with Gasteiger partial charge in [0, 0.05) is 41.5 Å². The summed E-state index contributed by atoms with van der Waals surface area (Å²) >= 11 is 1.36. The van der Waals surface area contributed by atoms with Crippen LogP contribution in [-0.4, -0.2) is 21.0 Å². The highest BCUT2D eigenvalue weighted by molar-refractivity contribution is 7.18. The van der Waals surface area contributed by atoms with Gasteiger partial charge >= 0.3 is 0 Å². The highest BCUT2D eigenvalue weighted by atomic mass is 32.1. The van der Waals surface area contributed by atoms with Gasteiger partial charge in [-0.2, -0.15) is 0 Å². The van der Waals surface area contributed by atoms with Crippen LogP contribution >= 0.6 is 11.3 Å². The molecule has 5 rings (SSSR count). The summed E-state index contributed by atoms with van der Waals surface area (Å²) in [5.74, 6) is -2.40. The lowest BCUT2D eigenvalue weighted by molar-refractivity contribution is -0.141. The maximum absolute atomic E-state index is 13.1. The summed E-state index contributed by atoms with van der Waals surface area (Å²) < 4.78 is 31.7. The minimum Gasteiger partial charge on any atom is -0.441 e.